The Morgan fingerprint density at radius 3 is 1.62 bits per heavy atom. The van der Waals surface area contributed by atoms with Gasteiger partial charge in [-0.1, -0.05) is 36.4 Å². The molecule has 0 heterocycles. The number of hydrogen-bond donors (Lipinski definition) is 0. The summed E-state index contributed by atoms with van der Waals surface area (Å²) >= 11 is 0. The topological polar surface area (TPSA) is 46.2 Å². The maximum absolute atomic E-state index is 6.35. The fourth-order valence-corrected chi connectivity index (χ4v) is 4.29. The molecule has 0 amide bonds. The minimum Gasteiger partial charge on any atom is -0.497 e. The van der Waals surface area contributed by atoms with Gasteiger partial charge in [-0.25, -0.2) is 0 Å². The van der Waals surface area contributed by atoms with Gasteiger partial charge in [0, 0.05) is 0 Å². The molecule has 0 spiro atoms. The van der Waals surface area contributed by atoms with Crippen molar-refractivity contribution < 1.29 is 23.7 Å². The van der Waals surface area contributed by atoms with E-state index in [2.05, 4.69) is 36.4 Å². The van der Waals surface area contributed by atoms with Gasteiger partial charge in [-0.15, -0.1) is 0 Å². The predicted octanol–water partition coefficient (Wildman–Crippen LogP) is 7.08. The van der Waals surface area contributed by atoms with Crippen molar-refractivity contribution in [3.8, 4) is 34.5 Å². The molecule has 0 N–H and O–H groups in total. The van der Waals surface area contributed by atoms with Gasteiger partial charge in [0.05, 0.1) is 28.4 Å². The van der Waals surface area contributed by atoms with Gasteiger partial charge in [-0.2, -0.15) is 0 Å². The second-order valence-corrected chi connectivity index (χ2v) is 8.78. The molecule has 4 aromatic carbocycles. The van der Waals surface area contributed by atoms with E-state index < -0.39 is 0 Å². The van der Waals surface area contributed by atoms with Gasteiger partial charge in [0.25, 0.3) is 0 Å². The molecule has 5 heteroatoms. The average molecular weight is 499 g/mol. The number of benzene rings is 4. The van der Waals surface area contributed by atoms with Crippen molar-refractivity contribution in [2.75, 3.05) is 28.4 Å². The highest BCUT2D eigenvalue weighted by molar-refractivity contribution is 5.55. The SMILES string of the molecule is COc1ccc(CCc2cc(OC)c(OC)c(Oc3cccc(CCc4cccc(OC)c4)c3)c2)cc1. The summed E-state index contributed by atoms with van der Waals surface area (Å²) in [6.07, 6.45) is 3.54. The van der Waals surface area contributed by atoms with Crippen LogP contribution in [-0.2, 0) is 25.7 Å². The van der Waals surface area contributed by atoms with Crippen molar-refractivity contribution >= 4 is 0 Å². The highest BCUT2D eigenvalue weighted by atomic mass is 16.5. The van der Waals surface area contributed by atoms with Gasteiger partial charge in [0.15, 0.2) is 11.5 Å². The van der Waals surface area contributed by atoms with E-state index in [0.717, 1.165) is 48.5 Å². The summed E-state index contributed by atoms with van der Waals surface area (Å²) in [5.41, 5.74) is 4.78. The molecule has 5 nitrogen and oxygen atoms in total. The van der Waals surface area contributed by atoms with Gasteiger partial charge in [-0.3, -0.25) is 0 Å². The first-order chi connectivity index (χ1) is 18.1. The van der Waals surface area contributed by atoms with Crippen LogP contribution in [0.4, 0.5) is 0 Å². The van der Waals surface area contributed by atoms with Gasteiger partial charge in [0.1, 0.15) is 17.2 Å². The molecular weight excluding hydrogens is 464 g/mol. The standard InChI is InChI=1S/C32H34O5/c1-33-27-17-15-23(16-18-27)11-14-26-21-30(35-3)32(36-4)31(22-26)37-29-10-6-8-25(20-29)13-12-24-7-5-9-28(19-24)34-2/h5-10,15-22H,11-14H2,1-4H3. The van der Waals surface area contributed by atoms with E-state index in [1.807, 2.05) is 48.5 Å². The molecule has 0 aromatic heterocycles. The molecular formula is C32H34O5. The van der Waals surface area contributed by atoms with Crippen LogP contribution in [0.3, 0.4) is 0 Å². The minimum absolute atomic E-state index is 0.581. The van der Waals surface area contributed by atoms with E-state index in [-0.39, 0.29) is 0 Å². The lowest BCUT2D eigenvalue weighted by Crippen LogP contribution is -1.99. The average Bonchev–Trinajstić information content (AvgIpc) is 2.95. The summed E-state index contributed by atoms with van der Waals surface area (Å²) < 4.78 is 28.3. The largest absolute Gasteiger partial charge is 0.497 e. The Morgan fingerprint density at radius 2 is 1.00 bits per heavy atom. The Hall–Kier alpha value is -4.12. The first kappa shape index (κ1) is 26.0. The molecule has 0 aliphatic heterocycles. The maximum atomic E-state index is 6.35. The number of aryl methyl sites for hydroxylation is 4. The van der Waals surface area contributed by atoms with E-state index in [0.29, 0.717) is 17.2 Å². The Labute approximate surface area is 219 Å². The van der Waals surface area contributed by atoms with Gasteiger partial charge in [-0.05, 0) is 96.5 Å². The van der Waals surface area contributed by atoms with Crippen molar-refractivity contribution in [3.05, 3.63) is 107 Å². The van der Waals surface area contributed by atoms with Crippen LogP contribution in [0.25, 0.3) is 0 Å². The molecule has 0 bridgehead atoms. The fraction of sp³-hybridized carbons (Fsp3) is 0.250. The van der Waals surface area contributed by atoms with Crippen LogP contribution in [-0.4, -0.2) is 28.4 Å². The lowest BCUT2D eigenvalue weighted by molar-refractivity contribution is 0.335. The molecule has 0 fully saturated rings. The van der Waals surface area contributed by atoms with E-state index in [4.69, 9.17) is 23.7 Å². The summed E-state index contributed by atoms with van der Waals surface area (Å²) in [6.45, 7) is 0. The van der Waals surface area contributed by atoms with E-state index >= 15 is 0 Å². The molecule has 0 aliphatic rings. The van der Waals surface area contributed by atoms with Crippen molar-refractivity contribution in [2.24, 2.45) is 0 Å². The zero-order valence-electron chi connectivity index (χ0n) is 22.0. The van der Waals surface area contributed by atoms with Gasteiger partial charge < -0.3 is 23.7 Å². The molecule has 0 saturated carbocycles. The third-order valence-electron chi connectivity index (χ3n) is 6.33. The van der Waals surface area contributed by atoms with E-state index in [1.54, 1.807) is 28.4 Å². The van der Waals surface area contributed by atoms with E-state index in [9.17, 15) is 0 Å². The lowest BCUT2D eigenvalue weighted by Gasteiger charge is -2.16. The Kier molecular flexibility index (Phi) is 8.93. The van der Waals surface area contributed by atoms with Crippen LogP contribution in [0.2, 0.25) is 0 Å². The molecule has 4 rings (SSSR count). The van der Waals surface area contributed by atoms with Crippen LogP contribution in [0, 0.1) is 0 Å². The third kappa shape index (κ3) is 6.98. The maximum Gasteiger partial charge on any atom is 0.203 e. The van der Waals surface area contributed by atoms with Crippen molar-refractivity contribution in [3.63, 3.8) is 0 Å². The summed E-state index contributed by atoms with van der Waals surface area (Å²) in [5, 5.41) is 0. The number of ether oxygens (including phenoxy) is 5. The molecule has 0 unspecified atom stereocenters. The quantitative estimate of drug-likeness (QED) is 0.209. The Morgan fingerprint density at radius 1 is 0.432 bits per heavy atom. The summed E-state index contributed by atoms with van der Waals surface area (Å²) in [7, 11) is 6.65. The number of methoxy groups -OCH3 is 4. The molecule has 0 saturated heterocycles. The molecule has 0 atom stereocenters. The summed E-state index contributed by atoms with van der Waals surface area (Å²) in [6, 6.07) is 28.6. The highest BCUT2D eigenvalue weighted by Crippen LogP contribution is 2.41. The number of rotatable bonds is 12. The molecule has 37 heavy (non-hydrogen) atoms. The van der Waals surface area contributed by atoms with Crippen LogP contribution >= 0.6 is 0 Å². The second-order valence-electron chi connectivity index (χ2n) is 8.78. The molecule has 192 valence electrons. The summed E-state index contributed by atoms with van der Waals surface area (Å²) in [4.78, 5) is 0. The van der Waals surface area contributed by atoms with Gasteiger partial charge in [0.2, 0.25) is 5.75 Å². The summed E-state index contributed by atoms with van der Waals surface area (Å²) in [5.74, 6) is 4.36. The third-order valence-corrected chi connectivity index (χ3v) is 6.33. The van der Waals surface area contributed by atoms with E-state index in [1.165, 1.54) is 16.7 Å². The van der Waals surface area contributed by atoms with Crippen molar-refractivity contribution in [1.82, 2.24) is 0 Å². The highest BCUT2D eigenvalue weighted by Gasteiger charge is 2.15. The first-order valence-electron chi connectivity index (χ1n) is 12.4. The zero-order chi connectivity index (χ0) is 26.0. The normalized spacial score (nSPS) is 10.6. The molecule has 4 aromatic rings. The Balaban J connectivity index is 1.49. The van der Waals surface area contributed by atoms with Crippen molar-refractivity contribution in [1.29, 1.82) is 0 Å². The lowest BCUT2D eigenvalue weighted by atomic mass is 10.0. The molecule has 0 aliphatic carbocycles. The van der Waals surface area contributed by atoms with Crippen LogP contribution in [0.5, 0.6) is 34.5 Å². The fourth-order valence-electron chi connectivity index (χ4n) is 4.29. The smallest absolute Gasteiger partial charge is 0.203 e. The van der Waals surface area contributed by atoms with Crippen LogP contribution in [0.15, 0.2) is 84.9 Å². The second kappa shape index (κ2) is 12.7. The Bertz CT molecular complexity index is 1300. The van der Waals surface area contributed by atoms with Crippen LogP contribution in [0.1, 0.15) is 22.3 Å². The number of hydrogen-bond acceptors (Lipinski definition) is 5. The van der Waals surface area contributed by atoms with Gasteiger partial charge >= 0.3 is 0 Å². The van der Waals surface area contributed by atoms with Crippen molar-refractivity contribution in [2.45, 2.75) is 25.7 Å². The first-order valence-corrected chi connectivity index (χ1v) is 12.4. The predicted molar refractivity (Wildman–Crippen MR) is 147 cm³/mol. The van der Waals surface area contributed by atoms with Crippen LogP contribution < -0.4 is 23.7 Å². The molecule has 0 radical (unpaired) electrons. The monoisotopic (exact) mass is 498 g/mol. The zero-order valence-corrected chi connectivity index (χ0v) is 22.0. The minimum atomic E-state index is 0.581.